The molecule has 0 spiro atoms. The molecule has 0 bridgehead atoms. The third-order valence-electron chi connectivity index (χ3n) is 5.09. The summed E-state index contributed by atoms with van der Waals surface area (Å²) >= 11 is 2.68. The van der Waals surface area contributed by atoms with Crippen molar-refractivity contribution >= 4 is 39.2 Å². The van der Waals surface area contributed by atoms with Crippen molar-refractivity contribution in [1.29, 1.82) is 0 Å². The number of thiophene rings is 1. The first-order valence-electron chi connectivity index (χ1n) is 9.09. The average Bonchev–Trinajstić information content (AvgIpc) is 3.04. The Bertz CT molecular complexity index is 1110. The second kappa shape index (κ2) is 7.35. The van der Waals surface area contributed by atoms with Gasteiger partial charge in [-0.25, -0.2) is 4.98 Å². The van der Waals surface area contributed by atoms with E-state index in [1.807, 2.05) is 30.3 Å². The van der Waals surface area contributed by atoms with Crippen LogP contribution in [0.15, 0.2) is 40.3 Å². The lowest BCUT2D eigenvalue weighted by molar-refractivity contribution is -0.115. The molecule has 1 amide bonds. The molecule has 3 aromatic rings. The van der Waals surface area contributed by atoms with Gasteiger partial charge in [0.15, 0.2) is 5.16 Å². The molecule has 0 saturated carbocycles. The lowest BCUT2D eigenvalue weighted by Gasteiger charge is -2.32. The van der Waals surface area contributed by atoms with Crippen LogP contribution in [0.1, 0.15) is 30.7 Å². The number of amides is 1. The van der Waals surface area contributed by atoms with Gasteiger partial charge < -0.3 is 10.5 Å². The monoisotopic (exact) mass is 415 g/mol. The van der Waals surface area contributed by atoms with E-state index in [4.69, 9.17) is 15.5 Å². The van der Waals surface area contributed by atoms with Crippen molar-refractivity contribution in [2.24, 2.45) is 5.73 Å². The number of carbonyl (C=O) groups excluding carboxylic acids is 1. The smallest absolute Gasteiger partial charge is 0.267 e. The Morgan fingerprint density at radius 3 is 2.82 bits per heavy atom. The molecule has 0 radical (unpaired) electrons. The Balaban J connectivity index is 1.95. The summed E-state index contributed by atoms with van der Waals surface area (Å²) in [5, 5.41) is 1.13. The van der Waals surface area contributed by atoms with Crippen molar-refractivity contribution in [3.63, 3.8) is 0 Å². The average molecular weight is 416 g/mol. The van der Waals surface area contributed by atoms with Gasteiger partial charge >= 0.3 is 0 Å². The first-order chi connectivity index (χ1) is 13.4. The third-order valence-corrected chi connectivity index (χ3v) is 7.15. The highest BCUT2D eigenvalue weighted by atomic mass is 32.2. The van der Waals surface area contributed by atoms with Gasteiger partial charge in [-0.2, -0.15) is 0 Å². The van der Waals surface area contributed by atoms with Crippen LogP contribution in [0.2, 0.25) is 0 Å². The van der Waals surface area contributed by atoms with Gasteiger partial charge in [0.1, 0.15) is 4.83 Å². The van der Waals surface area contributed by atoms with Crippen LogP contribution in [-0.2, 0) is 22.6 Å². The molecule has 1 aliphatic heterocycles. The van der Waals surface area contributed by atoms with Crippen molar-refractivity contribution < 1.29 is 9.53 Å². The number of hydrogen-bond donors (Lipinski definition) is 1. The minimum atomic E-state index is -0.448. The number of primary amides is 1. The summed E-state index contributed by atoms with van der Waals surface area (Å²) in [5.74, 6) is -0.385. The fourth-order valence-electron chi connectivity index (χ4n) is 3.37. The standard InChI is InChI=1S/C20H21N3O3S2/c1-3-20(2)9-13-14(10-26-20)28-17-16(13)18(25)23(12-7-5-4-6-8-12)19(22-17)27-11-15(21)24/h4-8H,3,9-11H2,1-2H3,(H2,21,24)/t20-/m0/s1. The van der Waals surface area contributed by atoms with Gasteiger partial charge in [-0.15, -0.1) is 11.3 Å². The highest BCUT2D eigenvalue weighted by molar-refractivity contribution is 7.99. The number of rotatable bonds is 5. The molecule has 1 aliphatic rings. The highest BCUT2D eigenvalue weighted by Crippen LogP contribution is 2.39. The highest BCUT2D eigenvalue weighted by Gasteiger charge is 2.33. The fraction of sp³-hybridized carbons (Fsp3) is 0.350. The normalized spacial score (nSPS) is 18.9. The lowest BCUT2D eigenvalue weighted by Crippen LogP contribution is -2.34. The van der Waals surface area contributed by atoms with E-state index >= 15 is 0 Å². The van der Waals surface area contributed by atoms with E-state index in [1.54, 1.807) is 4.57 Å². The summed E-state index contributed by atoms with van der Waals surface area (Å²) in [6.07, 6.45) is 1.56. The first kappa shape index (κ1) is 19.2. The number of benzene rings is 1. The number of para-hydroxylation sites is 1. The number of fused-ring (bicyclic) bond motifs is 3. The molecule has 3 heterocycles. The predicted molar refractivity (Wildman–Crippen MR) is 112 cm³/mol. The molecule has 1 atom stereocenters. The van der Waals surface area contributed by atoms with E-state index in [-0.39, 0.29) is 16.9 Å². The van der Waals surface area contributed by atoms with Crippen LogP contribution in [0.5, 0.6) is 0 Å². The molecule has 2 aromatic heterocycles. The van der Waals surface area contributed by atoms with Crippen molar-refractivity contribution in [2.75, 3.05) is 5.75 Å². The summed E-state index contributed by atoms with van der Waals surface area (Å²) in [4.78, 5) is 31.4. The summed E-state index contributed by atoms with van der Waals surface area (Å²) in [6.45, 7) is 4.67. The van der Waals surface area contributed by atoms with Gasteiger partial charge in [0.2, 0.25) is 5.91 Å². The van der Waals surface area contributed by atoms with Gasteiger partial charge in [-0.3, -0.25) is 14.2 Å². The summed E-state index contributed by atoms with van der Waals surface area (Å²) in [7, 11) is 0. The van der Waals surface area contributed by atoms with E-state index in [2.05, 4.69) is 13.8 Å². The van der Waals surface area contributed by atoms with Crippen LogP contribution in [0.4, 0.5) is 0 Å². The Morgan fingerprint density at radius 2 is 2.14 bits per heavy atom. The molecule has 8 heteroatoms. The largest absolute Gasteiger partial charge is 0.369 e. The minimum Gasteiger partial charge on any atom is -0.369 e. The number of carbonyl (C=O) groups is 1. The van der Waals surface area contributed by atoms with Crippen LogP contribution in [-0.4, -0.2) is 26.8 Å². The molecule has 2 N–H and O–H groups in total. The van der Waals surface area contributed by atoms with Crippen LogP contribution in [0, 0.1) is 0 Å². The zero-order valence-electron chi connectivity index (χ0n) is 15.7. The maximum absolute atomic E-state index is 13.6. The Morgan fingerprint density at radius 1 is 1.39 bits per heavy atom. The minimum absolute atomic E-state index is 0.0624. The molecule has 0 aliphatic carbocycles. The summed E-state index contributed by atoms with van der Waals surface area (Å²) in [5.41, 5.74) is 6.70. The van der Waals surface area contributed by atoms with Gasteiger partial charge in [-0.1, -0.05) is 36.9 Å². The predicted octanol–water partition coefficient (Wildman–Crippen LogP) is 3.27. The number of hydrogen-bond acceptors (Lipinski definition) is 6. The molecule has 0 fully saturated rings. The topological polar surface area (TPSA) is 87.2 Å². The van der Waals surface area contributed by atoms with E-state index < -0.39 is 5.91 Å². The second-order valence-electron chi connectivity index (χ2n) is 7.08. The van der Waals surface area contributed by atoms with Gasteiger partial charge in [0.05, 0.1) is 29.0 Å². The lowest BCUT2D eigenvalue weighted by atomic mass is 9.90. The van der Waals surface area contributed by atoms with Crippen molar-refractivity contribution in [2.45, 2.75) is 44.1 Å². The van der Waals surface area contributed by atoms with Crippen LogP contribution in [0.3, 0.4) is 0 Å². The van der Waals surface area contributed by atoms with Crippen LogP contribution < -0.4 is 11.3 Å². The maximum atomic E-state index is 13.6. The maximum Gasteiger partial charge on any atom is 0.267 e. The zero-order chi connectivity index (χ0) is 19.9. The quantitative estimate of drug-likeness (QED) is 0.510. The van der Waals surface area contributed by atoms with Gasteiger partial charge in [0.25, 0.3) is 5.56 Å². The van der Waals surface area contributed by atoms with E-state index in [1.165, 1.54) is 23.1 Å². The van der Waals surface area contributed by atoms with E-state index in [0.29, 0.717) is 28.4 Å². The van der Waals surface area contributed by atoms with E-state index in [9.17, 15) is 9.59 Å². The van der Waals surface area contributed by atoms with Crippen molar-refractivity contribution in [3.05, 3.63) is 51.1 Å². The summed E-state index contributed by atoms with van der Waals surface area (Å²) in [6, 6.07) is 9.37. The number of aromatic nitrogens is 2. The molecule has 0 saturated heterocycles. The third kappa shape index (κ3) is 3.36. The Labute approximate surface area is 170 Å². The molecule has 0 unspecified atom stereocenters. The van der Waals surface area contributed by atoms with E-state index in [0.717, 1.165) is 22.5 Å². The molecular formula is C20H21N3O3S2. The van der Waals surface area contributed by atoms with Crippen LogP contribution >= 0.6 is 23.1 Å². The molecule has 1 aromatic carbocycles. The molecular weight excluding hydrogens is 394 g/mol. The fourth-order valence-corrected chi connectivity index (χ4v) is 5.26. The number of nitrogens with two attached hydrogens (primary N) is 1. The molecule has 28 heavy (non-hydrogen) atoms. The van der Waals surface area contributed by atoms with Gasteiger partial charge in [-0.05, 0) is 31.0 Å². The molecule has 6 nitrogen and oxygen atoms in total. The first-order valence-corrected chi connectivity index (χ1v) is 10.9. The Kier molecular flexibility index (Phi) is 5.03. The SMILES string of the molecule is CC[C@@]1(C)Cc2c(sc3nc(SCC(N)=O)n(-c4ccccc4)c(=O)c23)CO1. The number of thioether (sulfide) groups is 1. The summed E-state index contributed by atoms with van der Waals surface area (Å²) < 4.78 is 7.63. The number of ether oxygens (including phenoxy) is 1. The Hall–Kier alpha value is -2.16. The molecule has 4 rings (SSSR count). The van der Waals surface area contributed by atoms with Crippen molar-refractivity contribution in [1.82, 2.24) is 9.55 Å². The van der Waals surface area contributed by atoms with Gasteiger partial charge in [0, 0.05) is 11.3 Å². The van der Waals surface area contributed by atoms with Crippen LogP contribution in [0.25, 0.3) is 15.9 Å². The molecule has 146 valence electrons. The van der Waals surface area contributed by atoms with Crippen molar-refractivity contribution in [3.8, 4) is 5.69 Å². The number of nitrogens with zero attached hydrogens (tertiary/aromatic N) is 2. The zero-order valence-corrected chi connectivity index (χ0v) is 17.4. The second-order valence-corrected chi connectivity index (χ2v) is 9.10.